The molecule has 0 amide bonds. The maximum absolute atomic E-state index is 13.5. The van der Waals surface area contributed by atoms with E-state index in [9.17, 15) is 9.50 Å². The Kier molecular flexibility index (Phi) is 2.65. The lowest BCUT2D eigenvalue weighted by Crippen LogP contribution is -2.62. The Morgan fingerprint density at radius 1 is 1.41 bits per heavy atom. The molecule has 1 N–H and O–H groups in total. The van der Waals surface area contributed by atoms with Crippen molar-refractivity contribution in [2.75, 3.05) is 13.1 Å². The summed E-state index contributed by atoms with van der Waals surface area (Å²) < 4.78 is 13.5. The van der Waals surface area contributed by atoms with Crippen LogP contribution in [0.15, 0.2) is 18.2 Å². The smallest absolute Gasteiger partial charge is 0.127 e. The van der Waals surface area contributed by atoms with Crippen LogP contribution >= 0.6 is 11.6 Å². The predicted molar refractivity (Wildman–Crippen MR) is 64.4 cm³/mol. The molecule has 1 aromatic rings. The third-order valence-corrected chi connectivity index (χ3v) is 3.97. The Hall–Kier alpha value is -0.640. The summed E-state index contributed by atoms with van der Waals surface area (Å²) in [4.78, 5) is 2.06. The van der Waals surface area contributed by atoms with Gasteiger partial charge in [-0.1, -0.05) is 11.6 Å². The number of likely N-dealkylation sites (tertiary alicyclic amines) is 1. The van der Waals surface area contributed by atoms with Crippen LogP contribution in [0.4, 0.5) is 4.39 Å². The van der Waals surface area contributed by atoms with Gasteiger partial charge >= 0.3 is 0 Å². The molecule has 1 aliphatic heterocycles. The van der Waals surface area contributed by atoms with Gasteiger partial charge < -0.3 is 5.11 Å². The Bertz CT molecular complexity index is 441. The molecule has 1 aliphatic carbocycles. The van der Waals surface area contributed by atoms with Crippen LogP contribution in [0.2, 0.25) is 5.02 Å². The summed E-state index contributed by atoms with van der Waals surface area (Å²) in [6.07, 6.45) is 2.27. The van der Waals surface area contributed by atoms with E-state index in [-0.39, 0.29) is 5.82 Å². The average molecular weight is 256 g/mol. The first-order chi connectivity index (χ1) is 8.07. The minimum Gasteiger partial charge on any atom is -0.387 e. The van der Waals surface area contributed by atoms with Crippen molar-refractivity contribution >= 4 is 11.6 Å². The van der Waals surface area contributed by atoms with Crippen LogP contribution in [0.1, 0.15) is 18.4 Å². The van der Waals surface area contributed by atoms with E-state index in [1.165, 1.54) is 6.07 Å². The second kappa shape index (κ2) is 3.94. The van der Waals surface area contributed by atoms with E-state index in [0.29, 0.717) is 36.1 Å². The number of nitrogens with zero attached hydrogens (tertiary/aromatic N) is 1. The molecule has 0 unspecified atom stereocenters. The third-order valence-electron chi connectivity index (χ3n) is 3.73. The van der Waals surface area contributed by atoms with E-state index in [2.05, 4.69) is 4.90 Å². The van der Waals surface area contributed by atoms with Crippen molar-refractivity contribution in [2.45, 2.75) is 25.0 Å². The number of hydrogen-bond acceptors (Lipinski definition) is 2. The fourth-order valence-electron chi connectivity index (χ4n) is 2.62. The van der Waals surface area contributed by atoms with Gasteiger partial charge in [0, 0.05) is 30.2 Å². The summed E-state index contributed by atoms with van der Waals surface area (Å²) in [5.74, 6) is 0.249. The highest BCUT2D eigenvalue weighted by molar-refractivity contribution is 6.30. The zero-order chi connectivity index (χ0) is 12.0. The summed E-state index contributed by atoms with van der Waals surface area (Å²) in [7, 11) is 0. The second-order valence-electron chi connectivity index (χ2n) is 5.26. The molecule has 4 heteroatoms. The minimum atomic E-state index is -0.505. The van der Waals surface area contributed by atoms with Gasteiger partial charge in [-0.2, -0.15) is 0 Å². The molecule has 0 atom stereocenters. The Morgan fingerprint density at radius 3 is 2.76 bits per heavy atom. The summed E-state index contributed by atoms with van der Waals surface area (Å²) in [5, 5.41) is 10.7. The van der Waals surface area contributed by atoms with Crippen molar-refractivity contribution in [3.63, 3.8) is 0 Å². The highest BCUT2D eigenvalue weighted by atomic mass is 35.5. The molecule has 1 heterocycles. The molecule has 1 saturated heterocycles. The van der Waals surface area contributed by atoms with E-state index in [4.69, 9.17) is 11.6 Å². The number of rotatable bonds is 3. The van der Waals surface area contributed by atoms with Gasteiger partial charge in [-0.3, -0.25) is 4.90 Å². The highest BCUT2D eigenvalue weighted by Gasteiger charge is 2.51. The molecule has 2 nitrogen and oxygen atoms in total. The maximum atomic E-state index is 13.5. The molecule has 2 fully saturated rings. The van der Waals surface area contributed by atoms with E-state index >= 15 is 0 Å². The number of aliphatic hydroxyl groups is 1. The van der Waals surface area contributed by atoms with E-state index < -0.39 is 5.60 Å². The molecular weight excluding hydrogens is 241 g/mol. The molecule has 92 valence electrons. The van der Waals surface area contributed by atoms with Crippen molar-refractivity contribution < 1.29 is 9.50 Å². The predicted octanol–water partition coefficient (Wildman–Crippen LogP) is 2.44. The SMILES string of the molecule is OC1(C2CC2)CN(Cc2cc(Cl)ccc2F)C1. The van der Waals surface area contributed by atoms with E-state index in [1.807, 2.05) is 0 Å². The quantitative estimate of drug-likeness (QED) is 0.897. The van der Waals surface area contributed by atoms with Gasteiger partial charge in [0.2, 0.25) is 0 Å². The van der Waals surface area contributed by atoms with Crippen LogP contribution < -0.4 is 0 Å². The summed E-state index contributed by atoms with van der Waals surface area (Å²) in [6, 6.07) is 4.60. The van der Waals surface area contributed by atoms with Crippen molar-refractivity contribution in [1.82, 2.24) is 4.90 Å². The molecular formula is C13H15ClFNO. The fourth-order valence-corrected chi connectivity index (χ4v) is 2.82. The normalized spacial score (nSPS) is 23.5. The summed E-state index contributed by atoms with van der Waals surface area (Å²) in [6.45, 7) is 1.84. The van der Waals surface area contributed by atoms with Gasteiger partial charge in [-0.05, 0) is 37.0 Å². The standard InChI is InChI=1S/C13H15ClFNO/c14-11-3-4-12(15)9(5-11)6-16-7-13(17,8-16)10-1-2-10/h3-5,10,17H,1-2,6-8H2. The number of β-amino-alcohol motifs (C(OH)–C–C–N with tert-alkyl or cyclic N) is 1. The zero-order valence-electron chi connectivity index (χ0n) is 9.50. The van der Waals surface area contributed by atoms with Gasteiger partial charge in [0.1, 0.15) is 5.82 Å². The molecule has 0 aromatic heterocycles. The number of hydrogen-bond donors (Lipinski definition) is 1. The summed E-state index contributed by atoms with van der Waals surface area (Å²) >= 11 is 5.84. The van der Waals surface area contributed by atoms with Crippen LogP contribution in [0.3, 0.4) is 0 Å². The molecule has 1 saturated carbocycles. The van der Waals surface area contributed by atoms with Gasteiger partial charge in [0.25, 0.3) is 0 Å². The lowest BCUT2D eigenvalue weighted by atomic mass is 9.88. The molecule has 0 radical (unpaired) electrons. The highest BCUT2D eigenvalue weighted by Crippen LogP contribution is 2.44. The maximum Gasteiger partial charge on any atom is 0.127 e. The van der Waals surface area contributed by atoms with Gasteiger partial charge in [-0.25, -0.2) is 4.39 Å². The van der Waals surface area contributed by atoms with Crippen molar-refractivity contribution in [1.29, 1.82) is 0 Å². The number of benzene rings is 1. The van der Waals surface area contributed by atoms with Gasteiger partial charge in [0.15, 0.2) is 0 Å². The average Bonchev–Trinajstić information content (AvgIpc) is 3.04. The van der Waals surface area contributed by atoms with Crippen LogP contribution in [0, 0.1) is 11.7 Å². The first kappa shape index (κ1) is 11.5. The summed E-state index contributed by atoms with van der Waals surface area (Å²) in [5.41, 5.74) is 0.102. The molecule has 2 aliphatic rings. The van der Waals surface area contributed by atoms with Crippen LogP contribution in [-0.2, 0) is 6.54 Å². The lowest BCUT2D eigenvalue weighted by molar-refractivity contribution is -0.116. The Labute approximate surface area is 105 Å². The Balaban J connectivity index is 1.63. The van der Waals surface area contributed by atoms with E-state index in [1.54, 1.807) is 12.1 Å². The molecule has 1 aromatic carbocycles. The van der Waals surface area contributed by atoms with Crippen LogP contribution in [0.25, 0.3) is 0 Å². The monoisotopic (exact) mass is 255 g/mol. The molecule has 3 rings (SSSR count). The largest absolute Gasteiger partial charge is 0.387 e. The van der Waals surface area contributed by atoms with E-state index in [0.717, 1.165) is 12.8 Å². The molecule has 17 heavy (non-hydrogen) atoms. The first-order valence-electron chi connectivity index (χ1n) is 5.95. The lowest BCUT2D eigenvalue weighted by Gasteiger charge is -2.47. The van der Waals surface area contributed by atoms with Crippen molar-refractivity contribution in [2.24, 2.45) is 5.92 Å². The Morgan fingerprint density at radius 2 is 2.12 bits per heavy atom. The van der Waals surface area contributed by atoms with Crippen LogP contribution in [-0.4, -0.2) is 28.7 Å². The third kappa shape index (κ3) is 2.19. The van der Waals surface area contributed by atoms with Crippen molar-refractivity contribution in [3.05, 3.63) is 34.6 Å². The van der Waals surface area contributed by atoms with Gasteiger partial charge in [-0.15, -0.1) is 0 Å². The van der Waals surface area contributed by atoms with Crippen molar-refractivity contribution in [3.8, 4) is 0 Å². The fraction of sp³-hybridized carbons (Fsp3) is 0.538. The zero-order valence-corrected chi connectivity index (χ0v) is 10.3. The van der Waals surface area contributed by atoms with Gasteiger partial charge in [0.05, 0.1) is 5.60 Å². The topological polar surface area (TPSA) is 23.5 Å². The minimum absolute atomic E-state index is 0.226. The number of halogens is 2. The second-order valence-corrected chi connectivity index (χ2v) is 5.70. The van der Waals surface area contributed by atoms with Crippen LogP contribution in [0.5, 0.6) is 0 Å². The molecule has 0 spiro atoms. The molecule has 0 bridgehead atoms. The first-order valence-corrected chi connectivity index (χ1v) is 6.33.